The van der Waals surface area contributed by atoms with Gasteiger partial charge in [0.05, 0.1) is 17.3 Å². The van der Waals surface area contributed by atoms with E-state index in [1.54, 1.807) is 25.7 Å². The SMILES string of the molecule is CSCCN(C)S(=O)(=O)c1c(CCl)n[nH]c1C. The maximum atomic E-state index is 12.3. The molecule has 0 unspecified atom stereocenters. The molecule has 0 aliphatic heterocycles. The van der Waals surface area contributed by atoms with Gasteiger partial charge >= 0.3 is 0 Å². The van der Waals surface area contributed by atoms with Crippen LogP contribution in [0.1, 0.15) is 11.4 Å². The Morgan fingerprint density at radius 1 is 1.53 bits per heavy atom. The standard InChI is InChI=1S/C9H16ClN3O2S2/c1-7-9(8(6-10)12-11-7)17(14,15)13(2)4-5-16-3/h4-6H2,1-3H3,(H,11,12). The van der Waals surface area contributed by atoms with Crippen LogP contribution in [0.2, 0.25) is 0 Å². The average Bonchev–Trinajstić information content (AvgIpc) is 2.67. The molecular weight excluding hydrogens is 282 g/mol. The summed E-state index contributed by atoms with van der Waals surface area (Å²) in [6.45, 7) is 2.15. The largest absolute Gasteiger partial charge is 0.281 e. The van der Waals surface area contributed by atoms with E-state index in [1.807, 2.05) is 6.26 Å². The highest BCUT2D eigenvalue weighted by Gasteiger charge is 2.27. The molecule has 0 bridgehead atoms. The van der Waals surface area contributed by atoms with Crippen molar-refractivity contribution in [1.29, 1.82) is 0 Å². The number of halogens is 1. The molecule has 0 radical (unpaired) electrons. The highest BCUT2D eigenvalue weighted by atomic mass is 35.5. The number of thioether (sulfide) groups is 1. The van der Waals surface area contributed by atoms with Gasteiger partial charge in [-0.05, 0) is 13.2 Å². The fraction of sp³-hybridized carbons (Fsp3) is 0.667. The molecule has 1 N–H and O–H groups in total. The number of sulfonamides is 1. The van der Waals surface area contributed by atoms with Gasteiger partial charge in [-0.3, -0.25) is 5.10 Å². The van der Waals surface area contributed by atoms with Crippen molar-refractivity contribution in [3.05, 3.63) is 11.4 Å². The molecule has 0 fully saturated rings. The number of H-pyrrole nitrogens is 1. The van der Waals surface area contributed by atoms with Crippen LogP contribution in [0.15, 0.2) is 4.90 Å². The smallest absolute Gasteiger partial charge is 0.246 e. The molecule has 0 aliphatic rings. The van der Waals surface area contributed by atoms with Gasteiger partial charge < -0.3 is 0 Å². The first-order valence-electron chi connectivity index (χ1n) is 5.00. The van der Waals surface area contributed by atoms with E-state index in [1.165, 1.54) is 4.31 Å². The second-order valence-electron chi connectivity index (χ2n) is 3.58. The lowest BCUT2D eigenvalue weighted by atomic mass is 10.4. The zero-order valence-electron chi connectivity index (χ0n) is 10.0. The predicted molar refractivity (Wildman–Crippen MR) is 71.1 cm³/mol. The molecule has 0 saturated heterocycles. The first-order chi connectivity index (χ1) is 7.95. The summed E-state index contributed by atoms with van der Waals surface area (Å²) < 4.78 is 25.9. The van der Waals surface area contributed by atoms with Gasteiger partial charge in [0, 0.05) is 19.3 Å². The Morgan fingerprint density at radius 3 is 2.71 bits per heavy atom. The van der Waals surface area contributed by atoms with Crippen LogP contribution in [0.25, 0.3) is 0 Å². The number of aryl methyl sites for hydroxylation is 1. The molecule has 8 heteroatoms. The number of aromatic amines is 1. The Labute approximate surface area is 111 Å². The number of rotatable bonds is 6. The monoisotopic (exact) mass is 297 g/mol. The van der Waals surface area contributed by atoms with Crippen molar-refractivity contribution >= 4 is 33.4 Å². The lowest BCUT2D eigenvalue weighted by Crippen LogP contribution is -2.30. The summed E-state index contributed by atoms with van der Waals surface area (Å²) in [5, 5.41) is 6.55. The fourth-order valence-electron chi connectivity index (χ4n) is 1.40. The predicted octanol–water partition coefficient (Wildman–Crippen LogP) is 1.44. The third-order valence-electron chi connectivity index (χ3n) is 2.37. The minimum Gasteiger partial charge on any atom is -0.281 e. The van der Waals surface area contributed by atoms with E-state index in [0.29, 0.717) is 17.9 Å². The molecule has 1 rings (SSSR count). The van der Waals surface area contributed by atoms with Crippen LogP contribution in [0, 0.1) is 6.92 Å². The van der Waals surface area contributed by atoms with Crippen LogP contribution in [0.5, 0.6) is 0 Å². The van der Waals surface area contributed by atoms with E-state index in [2.05, 4.69) is 10.2 Å². The van der Waals surface area contributed by atoms with Gasteiger partial charge in [0.25, 0.3) is 0 Å². The van der Waals surface area contributed by atoms with E-state index >= 15 is 0 Å². The maximum Gasteiger partial charge on any atom is 0.246 e. The van der Waals surface area contributed by atoms with Crippen LogP contribution in [0.3, 0.4) is 0 Å². The molecule has 0 aromatic carbocycles. The Kier molecular flexibility index (Phi) is 5.30. The first kappa shape index (κ1) is 14.8. The molecule has 98 valence electrons. The van der Waals surface area contributed by atoms with Crippen molar-refractivity contribution in [3.63, 3.8) is 0 Å². The maximum absolute atomic E-state index is 12.3. The summed E-state index contributed by atoms with van der Waals surface area (Å²) in [6, 6.07) is 0. The summed E-state index contributed by atoms with van der Waals surface area (Å²) in [4.78, 5) is 0.205. The molecular formula is C9H16ClN3O2S2. The molecule has 17 heavy (non-hydrogen) atoms. The highest BCUT2D eigenvalue weighted by Crippen LogP contribution is 2.22. The molecule has 0 saturated carbocycles. The number of hydrogen-bond donors (Lipinski definition) is 1. The Balaban J connectivity index is 3.08. The second-order valence-corrected chi connectivity index (χ2v) is 6.81. The number of hydrogen-bond acceptors (Lipinski definition) is 4. The quantitative estimate of drug-likeness (QED) is 0.807. The van der Waals surface area contributed by atoms with Gasteiger partial charge in [0.15, 0.2) is 0 Å². The summed E-state index contributed by atoms with van der Waals surface area (Å²) >= 11 is 7.29. The van der Waals surface area contributed by atoms with Gasteiger partial charge in [-0.1, -0.05) is 0 Å². The third kappa shape index (κ3) is 3.15. The van der Waals surface area contributed by atoms with E-state index in [9.17, 15) is 8.42 Å². The van der Waals surface area contributed by atoms with Gasteiger partial charge in [0.1, 0.15) is 4.90 Å². The summed E-state index contributed by atoms with van der Waals surface area (Å²) in [5.41, 5.74) is 0.900. The normalized spacial score (nSPS) is 12.3. The van der Waals surface area contributed by atoms with Crippen molar-refractivity contribution in [2.75, 3.05) is 25.6 Å². The van der Waals surface area contributed by atoms with Gasteiger partial charge in [-0.2, -0.15) is 21.2 Å². The van der Waals surface area contributed by atoms with E-state index in [-0.39, 0.29) is 10.8 Å². The lowest BCUT2D eigenvalue weighted by molar-refractivity contribution is 0.487. The number of nitrogens with one attached hydrogen (secondary N) is 1. The zero-order valence-corrected chi connectivity index (χ0v) is 12.4. The number of alkyl halides is 1. The van der Waals surface area contributed by atoms with Crippen LogP contribution < -0.4 is 0 Å². The summed E-state index contributed by atoms with van der Waals surface area (Å²) in [6.07, 6.45) is 1.94. The van der Waals surface area contributed by atoms with Crippen molar-refractivity contribution in [2.24, 2.45) is 0 Å². The van der Waals surface area contributed by atoms with E-state index in [4.69, 9.17) is 11.6 Å². The van der Waals surface area contributed by atoms with Crippen LogP contribution in [-0.2, 0) is 15.9 Å². The van der Waals surface area contributed by atoms with E-state index in [0.717, 1.165) is 5.75 Å². The summed E-state index contributed by atoms with van der Waals surface area (Å²) in [7, 11) is -1.93. The average molecular weight is 298 g/mol. The molecule has 1 aromatic heterocycles. The van der Waals surface area contributed by atoms with Crippen LogP contribution in [-0.4, -0.2) is 48.5 Å². The number of aromatic nitrogens is 2. The van der Waals surface area contributed by atoms with E-state index < -0.39 is 10.0 Å². The van der Waals surface area contributed by atoms with Crippen LogP contribution >= 0.6 is 23.4 Å². The molecule has 0 amide bonds. The van der Waals surface area contributed by atoms with Gasteiger partial charge in [0.2, 0.25) is 10.0 Å². The Morgan fingerprint density at radius 2 is 2.18 bits per heavy atom. The molecule has 0 spiro atoms. The van der Waals surface area contributed by atoms with Crippen LogP contribution in [0.4, 0.5) is 0 Å². The zero-order chi connectivity index (χ0) is 13.1. The lowest BCUT2D eigenvalue weighted by Gasteiger charge is -2.16. The third-order valence-corrected chi connectivity index (χ3v) is 5.27. The summed E-state index contributed by atoms with van der Waals surface area (Å²) in [5.74, 6) is 0.831. The topological polar surface area (TPSA) is 66.1 Å². The van der Waals surface area contributed by atoms with Gasteiger partial charge in [-0.25, -0.2) is 8.42 Å². The minimum absolute atomic E-state index is 0.0786. The van der Waals surface area contributed by atoms with Gasteiger partial charge in [-0.15, -0.1) is 11.6 Å². The minimum atomic E-state index is -3.50. The Hall–Kier alpha value is -0.240. The molecule has 5 nitrogen and oxygen atoms in total. The fourth-order valence-corrected chi connectivity index (χ4v) is 3.73. The first-order valence-corrected chi connectivity index (χ1v) is 8.37. The number of nitrogens with zero attached hydrogens (tertiary/aromatic N) is 2. The molecule has 0 aliphatic carbocycles. The molecule has 0 atom stereocenters. The molecule has 1 heterocycles. The van der Waals surface area contributed by atoms with Crippen molar-refractivity contribution in [2.45, 2.75) is 17.7 Å². The molecule has 1 aromatic rings. The second kappa shape index (κ2) is 6.08. The van der Waals surface area contributed by atoms with Crippen molar-refractivity contribution < 1.29 is 8.42 Å². The van der Waals surface area contributed by atoms with Crippen molar-refractivity contribution in [1.82, 2.24) is 14.5 Å². The van der Waals surface area contributed by atoms with Crippen molar-refractivity contribution in [3.8, 4) is 0 Å². The highest BCUT2D eigenvalue weighted by molar-refractivity contribution is 7.98. The Bertz CT molecular complexity index is 473.